The second kappa shape index (κ2) is 5.27. The van der Waals surface area contributed by atoms with Crippen molar-refractivity contribution >= 4 is 11.9 Å². The highest BCUT2D eigenvalue weighted by Crippen LogP contribution is 2.43. The van der Waals surface area contributed by atoms with E-state index in [1.807, 2.05) is 0 Å². The SMILES string of the molecule is Cc1c(F)cccc1C(=O)N1C[C@H]2COC[C@@]2(c2nnc(N)o2)C1. The number of nitrogens with zero attached hydrogens (tertiary/aromatic N) is 3. The van der Waals surface area contributed by atoms with E-state index in [9.17, 15) is 9.18 Å². The number of hydrogen-bond acceptors (Lipinski definition) is 6. The van der Waals surface area contributed by atoms with Crippen molar-refractivity contribution in [3.05, 3.63) is 41.0 Å². The predicted octanol–water partition coefficient (Wildman–Crippen LogP) is 1.14. The van der Waals surface area contributed by atoms with E-state index < -0.39 is 5.41 Å². The maximum Gasteiger partial charge on any atom is 0.312 e. The van der Waals surface area contributed by atoms with Crippen molar-refractivity contribution in [1.82, 2.24) is 15.1 Å². The Kier molecular flexibility index (Phi) is 3.31. The molecule has 2 aliphatic heterocycles. The van der Waals surface area contributed by atoms with Gasteiger partial charge in [-0.2, -0.15) is 0 Å². The van der Waals surface area contributed by atoms with Crippen molar-refractivity contribution < 1.29 is 18.3 Å². The molecule has 8 heteroatoms. The first kappa shape index (κ1) is 15.1. The lowest BCUT2D eigenvalue weighted by Crippen LogP contribution is -2.37. The number of nitrogens with two attached hydrogens (primary N) is 1. The molecule has 24 heavy (non-hydrogen) atoms. The van der Waals surface area contributed by atoms with Gasteiger partial charge in [-0.1, -0.05) is 11.2 Å². The van der Waals surface area contributed by atoms with E-state index in [2.05, 4.69) is 10.2 Å². The number of amides is 1. The Balaban J connectivity index is 1.66. The number of fused-ring (bicyclic) bond motifs is 1. The van der Waals surface area contributed by atoms with Crippen LogP contribution in [0.3, 0.4) is 0 Å². The standard InChI is InChI=1S/C16H17FN4O3/c1-9-11(3-2-4-12(9)17)13(22)21-5-10-6-23-8-16(10,7-21)14-19-20-15(18)24-14/h2-4,10H,5-8H2,1H3,(H2,18,20)/t10-,16-/m0/s1. The quantitative estimate of drug-likeness (QED) is 0.886. The summed E-state index contributed by atoms with van der Waals surface area (Å²) in [5.41, 5.74) is 5.73. The van der Waals surface area contributed by atoms with Crippen LogP contribution < -0.4 is 5.73 Å². The maximum absolute atomic E-state index is 13.8. The van der Waals surface area contributed by atoms with Crippen LogP contribution in [0.4, 0.5) is 10.4 Å². The van der Waals surface area contributed by atoms with E-state index in [1.165, 1.54) is 6.07 Å². The van der Waals surface area contributed by atoms with Gasteiger partial charge in [-0.25, -0.2) is 4.39 Å². The van der Waals surface area contributed by atoms with Gasteiger partial charge in [-0.3, -0.25) is 4.79 Å². The first-order chi connectivity index (χ1) is 11.5. The van der Waals surface area contributed by atoms with E-state index >= 15 is 0 Å². The first-order valence-corrected chi connectivity index (χ1v) is 7.73. The number of hydrogen-bond donors (Lipinski definition) is 1. The minimum absolute atomic E-state index is 0.00391. The number of carbonyl (C=O) groups is 1. The zero-order valence-corrected chi connectivity index (χ0v) is 13.2. The van der Waals surface area contributed by atoms with Crippen LogP contribution in [-0.4, -0.2) is 47.3 Å². The molecule has 0 radical (unpaired) electrons. The van der Waals surface area contributed by atoms with Gasteiger partial charge < -0.3 is 19.8 Å². The van der Waals surface area contributed by atoms with E-state index in [0.717, 1.165) is 0 Å². The summed E-state index contributed by atoms with van der Waals surface area (Å²) in [5, 5.41) is 7.73. The molecule has 1 aromatic heterocycles. The minimum Gasteiger partial charge on any atom is -0.407 e. The van der Waals surface area contributed by atoms with E-state index in [-0.39, 0.29) is 23.7 Å². The summed E-state index contributed by atoms with van der Waals surface area (Å²) < 4.78 is 24.8. The highest BCUT2D eigenvalue weighted by Gasteiger charge is 2.56. The van der Waals surface area contributed by atoms with Gasteiger partial charge in [0, 0.05) is 24.6 Å². The van der Waals surface area contributed by atoms with Crippen molar-refractivity contribution in [2.24, 2.45) is 5.92 Å². The van der Waals surface area contributed by atoms with Crippen molar-refractivity contribution in [3.63, 3.8) is 0 Å². The van der Waals surface area contributed by atoms with Crippen molar-refractivity contribution in [2.75, 3.05) is 32.0 Å². The van der Waals surface area contributed by atoms with Crippen LogP contribution >= 0.6 is 0 Å². The van der Waals surface area contributed by atoms with Crippen molar-refractivity contribution in [3.8, 4) is 0 Å². The van der Waals surface area contributed by atoms with E-state index in [4.69, 9.17) is 14.9 Å². The molecular formula is C16H17FN4O3. The second-order valence-corrected chi connectivity index (χ2v) is 6.41. The molecule has 2 saturated heterocycles. The van der Waals surface area contributed by atoms with Crippen LogP contribution in [0.15, 0.2) is 22.6 Å². The number of rotatable bonds is 2. The van der Waals surface area contributed by atoms with Gasteiger partial charge in [0.05, 0.1) is 18.6 Å². The highest BCUT2D eigenvalue weighted by molar-refractivity contribution is 5.96. The van der Waals surface area contributed by atoms with Gasteiger partial charge in [-0.05, 0) is 24.6 Å². The maximum atomic E-state index is 13.8. The molecular weight excluding hydrogens is 315 g/mol. The Morgan fingerprint density at radius 2 is 2.29 bits per heavy atom. The molecule has 1 aromatic carbocycles. The van der Waals surface area contributed by atoms with E-state index in [1.54, 1.807) is 24.0 Å². The molecule has 0 aliphatic carbocycles. The number of carbonyl (C=O) groups excluding carboxylic acids is 1. The molecule has 3 heterocycles. The fraction of sp³-hybridized carbons (Fsp3) is 0.438. The van der Waals surface area contributed by atoms with Gasteiger partial charge in [0.15, 0.2) is 0 Å². The molecule has 2 atom stereocenters. The number of benzene rings is 1. The van der Waals surface area contributed by atoms with Crippen LogP contribution in [0.1, 0.15) is 21.8 Å². The average Bonchev–Trinajstić information content (AvgIpc) is 3.22. The number of likely N-dealkylation sites (tertiary alicyclic amines) is 1. The van der Waals surface area contributed by atoms with Gasteiger partial charge >= 0.3 is 6.01 Å². The molecule has 1 amide bonds. The number of anilines is 1. The fourth-order valence-electron chi connectivity index (χ4n) is 3.64. The lowest BCUT2D eigenvalue weighted by atomic mass is 9.81. The number of nitrogen functional groups attached to an aromatic ring is 1. The van der Waals surface area contributed by atoms with Crippen LogP contribution in [0.2, 0.25) is 0 Å². The van der Waals surface area contributed by atoms with Crippen molar-refractivity contribution in [1.29, 1.82) is 0 Å². The molecule has 2 fully saturated rings. The molecule has 126 valence electrons. The Hall–Kier alpha value is -2.48. The summed E-state index contributed by atoms with van der Waals surface area (Å²) in [6.07, 6.45) is 0. The van der Waals surface area contributed by atoms with E-state index in [0.29, 0.717) is 43.3 Å². The Morgan fingerprint density at radius 3 is 3.04 bits per heavy atom. The molecule has 2 aliphatic rings. The van der Waals surface area contributed by atoms with Crippen molar-refractivity contribution in [2.45, 2.75) is 12.3 Å². The predicted molar refractivity (Wildman–Crippen MR) is 81.7 cm³/mol. The molecule has 7 nitrogen and oxygen atoms in total. The zero-order chi connectivity index (χ0) is 16.9. The largest absolute Gasteiger partial charge is 0.407 e. The Morgan fingerprint density at radius 1 is 1.46 bits per heavy atom. The number of aromatic nitrogens is 2. The molecule has 4 rings (SSSR count). The Bertz CT molecular complexity index is 808. The van der Waals surface area contributed by atoms with Crippen LogP contribution in [-0.2, 0) is 10.2 Å². The summed E-state index contributed by atoms with van der Waals surface area (Å²) in [5.74, 6) is -0.139. The lowest BCUT2D eigenvalue weighted by Gasteiger charge is -2.23. The minimum atomic E-state index is -0.540. The van der Waals surface area contributed by atoms with Crippen LogP contribution in [0.5, 0.6) is 0 Å². The van der Waals surface area contributed by atoms with Gasteiger partial charge in [0.25, 0.3) is 5.91 Å². The van der Waals surface area contributed by atoms with Crippen LogP contribution in [0.25, 0.3) is 0 Å². The summed E-state index contributed by atoms with van der Waals surface area (Å²) in [4.78, 5) is 14.6. The zero-order valence-electron chi connectivity index (χ0n) is 13.2. The lowest BCUT2D eigenvalue weighted by molar-refractivity contribution is 0.0737. The first-order valence-electron chi connectivity index (χ1n) is 7.73. The highest BCUT2D eigenvalue weighted by atomic mass is 19.1. The third-order valence-electron chi connectivity index (χ3n) is 5.03. The topological polar surface area (TPSA) is 94.5 Å². The van der Waals surface area contributed by atoms with Gasteiger partial charge in [0.1, 0.15) is 5.82 Å². The normalized spacial score (nSPS) is 25.9. The second-order valence-electron chi connectivity index (χ2n) is 6.41. The molecule has 0 saturated carbocycles. The summed E-state index contributed by atoms with van der Waals surface area (Å²) in [7, 11) is 0. The molecule has 0 unspecified atom stereocenters. The van der Waals surface area contributed by atoms with Crippen LogP contribution in [0, 0.1) is 18.7 Å². The number of ether oxygens (including phenoxy) is 1. The third kappa shape index (κ3) is 2.10. The smallest absolute Gasteiger partial charge is 0.312 e. The Labute approximate surface area is 137 Å². The van der Waals surface area contributed by atoms with Gasteiger partial charge in [0.2, 0.25) is 5.89 Å². The summed E-state index contributed by atoms with van der Waals surface area (Å²) >= 11 is 0. The summed E-state index contributed by atoms with van der Waals surface area (Å²) in [6.45, 7) is 3.39. The third-order valence-corrected chi connectivity index (χ3v) is 5.03. The monoisotopic (exact) mass is 332 g/mol. The molecule has 2 aromatic rings. The molecule has 0 spiro atoms. The number of halogens is 1. The summed E-state index contributed by atoms with van der Waals surface area (Å²) in [6, 6.07) is 4.53. The average molecular weight is 332 g/mol. The molecule has 2 N–H and O–H groups in total. The van der Waals surface area contributed by atoms with Gasteiger partial charge in [-0.15, -0.1) is 5.10 Å². The fourth-order valence-corrected chi connectivity index (χ4v) is 3.64. The molecule has 0 bridgehead atoms.